The molecule has 1 N–H and O–H groups in total. The first-order valence-corrected chi connectivity index (χ1v) is 7.02. The minimum absolute atomic E-state index is 0.680. The number of rotatable bonds is 4. The summed E-state index contributed by atoms with van der Waals surface area (Å²) in [7, 11) is 0. The molecule has 1 aliphatic rings. The molecular weight excluding hydrogens is 218 g/mol. The lowest BCUT2D eigenvalue weighted by molar-refractivity contribution is 0.184. The van der Waals surface area contributed by atoms with Crippen LogP contribution in [0.1, 0.15) is 30.5 Å². The second-order valence-electron chi connectivity index (χ2n) is 4.51. The lowest BCUT2D eigenvalue weighted by Crippen LogP contribution is -2.45. The van der Waals surface area contributed by atoms with E-state index in [2.05, 4.69) is 34.4 Å². The zero-order valence-corrected chi connectivity index (χ0v) is 11.0. The number of thiazole rings is 1. The Balaban J connectivity index is 1.85. The molecule has 0 aliphatic carbocycles. The number of likely N-dealkylation sites (tertiary alicyclic amines) is 1. The van der Waals surface area contributed by atoms with E-state index < -0.39 is 0 Å². The van der Waals surface area contributed by atoms with Crippen molar-refractivity contribution in [2.75, 3.05) is 19.6 Å². The van der Waals surface area contributed by atoms with Crippen LogP contribution in [0.3, 0.4) is 0 Å². The molecule has 1 aliphatic heterocycles. The largest absolute Gasteiger partial charge is 0.313 e. The van der Waals surface area contributed by atoms with Crippen LogP contribution in [-0.4, -0.2) is 35.6 Å². The van der Waals surface area contributed by atoms with E-state index in [1.54, 1.807) is 11.3 Å². The van der Waals surface area contributed by atoms with E-state index in [4.69, 9.17) is 0 Å². The summed E-state index contributed by atoms with van der Waals surface area (Å²) in [5.74, 6) is 0. The van der Waals surface area contributed by atoms with Gasteiger partial charge in [0.1, 0.15) is 5.01 Å². The summed E-state index contributed by atoms with van der Waals surface area (Å²) in [5, 5.41) is 6.95. The normalized spacial score (nSPS) is 22.5. The third-order valence-corrected chi connectivity index (χ3v) is 3.98. The van der Waals surface area contributed by atoms with Crippen molar-refractivity contribution in [1.82, 2.24) is 15.2 Å². The van der Waals surface area contributed by atoms with Gasteiger partial charge >= 0.3 is 0 Å². The molecule has 4 heteroatoms. The second kappa shape index (κ2) is 5.75. The number of likely N-dealkylation sites (N-methyl/N-ethyl adjacent to an activating group) is 1. The summed E-state index contributed by atoms with van der Waals surface area (Å²) in [5.41, 5.74) is 1.15. The molecule has 1 aromatic rings. The topological polar surface area (TPSA) is 28.2 Å². The average molecular weight is 239 g/mol. The summed E-state index contributed by atoms with van der Waals surface area (Å²) in [4.78, 5) is 7.06. The lowest BCUT2D eigenvalue weighted by Gasteiger charge is -2.32. The molecule has 0 saturated carbocycles. The maximum absolute atomic E-state index is 4.53. The average Bonchev–Trinajstić information content (AvgIpc) is 2.65. The van der Waals surface area contributed by atoms with E-state index in [-0.39, 0.29) is 0 Å². The van der Waals surface area contributed by atoms with Crippen molar-refractivity contribution in [3.05, 3.63) is 16.1 Å². The first-order chi connectivity index (χ1) is 7.78. The van der Waals surface area contributed by atoms with Crippen LogP contribution in [0, 0.1) is 6.92 Å². The Morgan fingerprint density at radius 1 is 1.62 bits per heavy atom. The van der Waals surface area contributed by atoms with Gasteiger partial charge in [-0.25, -0.2) is 4.98 Å². The minimum atomic E-state index is 0.680. The molecule has 0 aromatic carbocycles. The Labute approximate surface area is 102 Å². The Morgan fingerprint density at radius 2 is 2.50 bits per heavy atom. The molecule has 90 valence electrons. The third kappa shape index (κ3) is 3.27. The van der Waals surface area contributed by atoms with Crippen LogP contribution in [0.2, 0.25) is 0 Å². The fourth-order valence-electron chi connectivity index (χ4n) is 2.32. The van der Waals surface area contributed by atoms with E-state index in [1.807, 2.05) is 0 Å². The van der Waals surface area contributed by atoms with E-state index in [1.165, 1.54) is 30.9 Å². The van der Waals surface area contributed by atoms with Crippen LogP contribution < -0.4 is 5.32 Å². The summed E-state index contributed by atoms with van der Waals surface area (Å²) in [6.45, 7) is 8.75. The number of nitrogens with one attached hydrogen (secondary N) is 1. The molecule has 0 amide bonds. The van der Waals surface area contributed by atoms with Crippen LogP contribution >= 0.6 is 11.3 Å². The molecule has 0 radical (unpaired) electrons. The summed E-state index contributed by atoms with van der Waals surface area (Å²) >= 11 is 1.78. The fraction of sp³-hybridized carbons (Fsp3) is 0.750. The van der Waals surface area contributed by atoms with Gasteiger partial charge in [-0.05, 0) is 32.9 Å². The smallest absolute Gasteiger partial charge is 0.107 e. The van der Waals surface area contributed by atoms with Crippen LogP contribution in [0.15, 0.2) is 5.38 Å². The molecule has 1 saturated heterocycles. The zero-order valence-electron chi connectivity index (χ0n) is 10.2. The van der Waals surface area contributed by atoms with Gasteiger partial charge < -0.3 is 5.32 Å². The van der Waals surface area contributed by atoms with Crippen molar-refractivity contribution in [3.63, 3.8) is 0 Å². The zero-order chi connectivity index (χ0) is 11.4. The maximum atomic E-state index is 4.53. The fourth-order valence-corrected chi connectivity index (χ4v) is 3.13. The highest BCUT2D eigenvalue weighted by atomic mass is 32.1. The highest BCUT2D eigenvalue weighted by molar-refractivity contribution is 7.09. The van der Waals surface area contributed by atoms with Crippen molar-refractivity contribution in [1.29, 1.82) is 0 Å². The Hall–Kier alpha value is -0.450. The van der Waals surface area contributed by atoms with Crippen LogP contribution in [0.25, 0.3) is 0 Å². The van der Waals surface area contributed by atoms with E-state index in [9.17, 15) is 0 Å². The summed E-state index contributed by atoms with van der Waals surface area (Å²) in [6.07, 6.45) is 2.63. The number of nitrogens with zero attached hydrogens (tertiary/aromatic N) is 2. The molecule has 1 unspecified atom stereocenters. The van der Waals surface area contributed by atoms with Gasteiger partial charge in [0, 0.05) is 23.7 Å². The second-order valence-corrected chi connectivity index (χ2v) is 5.46. The van der Waals surface area contributed by atoms with Crippen molar-refractivity contribution in [2.45, 2.75) is 39.3 Å². The van der Waals surface area contributed by atoms with Gasteiger partial charge in [0.25, 0.3) is 0 Å². The maximum Gasteiger partial charge on any atom is 0.107 e. The molecule has 3 nitrogen and oxygen atoms in total. The van der Waals surface area contributed by atoms with Crippen molar-refractivity contribution in [2.24, 2.45) is 0 Å². The Kier molecular flexibility index (Phi) is 4.32. The summed E-state index contributed by atoms with van der Waals surface area (Å²) in [6, 6.07) is 0.680. The van der Waals surface area contributed by atoms with Crippen molar-refractivity contribution < 1.29 is 0 Å². The van der Waals surface area contributed by atoms with Crippen molar-refractivity contribution in [3.8, 4) is 0 Å². The SMILES string of the molecule is CCNC1CCCN(Cc2nc(C)cs2)C1. The summed E-state index contributed by atoms with van der Waals surface area (Å²) < 4.78 is 0. The van der Waals surface area contributed by atoms with Gasteiger partial charge in [-0.2, -0.15) is 0 Å². The Morgan fingerprint density at radius 3 is 3.19 bits per heavy atom. The number of hydrogen-bond acceptors (Lipinski definition) is 4. The van der Waals surface area contributed by atoms with E-state index >= 15 is 0 Å². The van der Waals surface area contributed by atoms with Gasteiger partial charge in [0.05, 0.1) is 6.54 Å². The Bertz CT molecular complexity index is 322. The highest BCUT2D eigenvalue weighted by Crippen LogP contribution is 2.16. The molecular formula is C12H21N3S. The van der Waals surface area contributed by atoms with E-state index in [0.29, 0.717) is 6.04 Å². The number of hydrogen-bond donors (Lipinski definition) is 1. The number of aromatic nitrogens is 1. The quantitative estimate of drug-likeness (QED) is 0.871. The van der Waals surface area contributed by atoms with Crippen LogP contribution in [0.5, 0.6) is 0 Å². The number of piperidine rings is 1. The standard InChI is InChI=1S/C12H21N3S/c1-3-13-11-5-4-6-15(7-11)8-12-14-10(2)9-16-12/h9,11,13H,3-8H2,1-2H3. The molecule has 1 fully saturated rings. The third-order valence-electron chi connectivity index (χ3n) is 3.02. The van der Waals surface area contributed by atoms with Gasteiger partial charge in [0.15, 0.2) is 0 Å². The first-order valence-electron chi connectivity index (χ1n) is 6.14. The minimum Gasteiger partial charge on any atom is -0.313 e. The predicted octanol–water partition coefficient (Wildman–Crippen LogP) is 2.03. The molecule has 2 rings (SSSR count). The van der Waals surface area contributed by atoms with Crippen molar-refractivity contribution >= 4 is 11.3 Å². The van der Waals surface area contributed by atoms with Crippen LogP contribution in [0.4, 0.5) is 0 Å². The molecule has 1 atom stereocenters. The molecule has 16 heavy (non-hydrogen) atoms. The van der Waals surface area contributed by atoms with Crippen LogP contribution in [-0.2, 0) is 6.54 Å². The lowest BCUT2D eigenvalue weighted by atomic mass is 10.1. The van der Waals surface area contributed by atoms with Gasteiger partial charge in [-0.15, -0.1) is 11.3 Å². The predicted molar refractivity (Wildman–Crippen MR) is 68.8 cm³/mol. The molecule has 2 heterocycles. The highest BCUT2D eigenvalue weighted by Gasteiger charge is 2.19. The van der Waals surface area contributed by atoms with Gasteiger partial charge in [0.2, 0.25) is 0 Å². The first kappa shape index (κ1) is 12.0. The monoisotopic (exact) mass is 239 g/mol. The number of aryl methyl sites for hydroxylation is 1. The molecule has 0 spiro atoms. The van der Waals surface area contributed by atoms with E-state index in [0.717, 1.165) is 18.8 Å². The van der Waals surface area contributed by atoms with Gasteiger partial charge in [-0.3, -0.25) is 4.90 Å². The molecule has 0 bridgehead atoms. The van der Waals surface area contributed by atoms with Gasteiger partial charge in [-0.1, -0.05) is 6.92 Å². The molecule has 1 aromatic heterocycles.